The summed E-state index contributed by atoms with van der Waals surface area (Å²) in [5.41, 5.74) is -1.07. The number of alkyl halides is 3. The number of rotatable bonds is 5. The molecule has 0 saturated carbocycles. The molecular formula is C12H15F3N2O3S. The zero-order valence-electron chi connectivity index (χ0n) is 11.4. The quantitative estimate of drug-likeness (QED) is 0.862. The van der Waals surface area contributed by atoms with E-state index in [1.165, 1.54) is 6.92 Å². The Balaban J connectivity index is 3.01. The Morgan fingerprint density at radius 1 is 1.33 bits per heavy atom. The van der Waals surface area contributed by atoms with Crippen LogP contribution in [0.5, 0.6) is 0 Å². The van der Waals surface area contributed by atoms with Gasteiger partial charge < -0.3 is 5.32 Å². The largest absolute Gasteiger partial charge is 0.416 e. The Hall–Kier alpha value is -1.61. The smallest absolute Gasteiger partial charge is 0.355 e. The molecular weight excluding hydrogens is 309 g/mol. The number of benzene rings is 1. The molecule has 0 bridgehead atoms. The topological polar surface area (TPSA) is 75.3 Å². The number of likely N-dealkylation sites (N-methyl/N-ethyl adjacent to an activating group) is 1. The standard InChI is InChI=1S/C12H15F3N2O3S/c1-3-16-11(18)8(2)17-21(19,20)10-6-4-5-9(7-10)12(13,14)15/h4-8,17H,3H2,1-2H3,(H,16,18)/t8-/m1/s1. The zero-order chi connectivity index (χ0) is 16.3. The van der Waals surface area contributed by atoms with Crippen LogP contribution in [0.2, 0.25) is 0 Å². The van der Waals surface area contributed by atoms with Gasteiger partial charge in [0.2, 0.25) is 15.9 Å². The molecule has 2 N–H and O–H groups in total. The minimum atomic E-state index is -4.64. The number of amides is 1. The van der Waals surface area contributed by atoms with Crippen molar-refractivity contribution in [3.63, 3.8) is 0 Å². The van der Waals surface area contributed by atoms with Gasteiger partial charge in [0.15, 0.2) is 0 Å². The molecule has 118 valence electrons. The van der Waals surface area contributed by atoms with Gasteiger partial charge in [0.1, 0.15) is 0 Å². The molecule has 1 rings (SSSR count). The Morgan fingerprint density at radius 3 is 2.48 bits per heavy atom. The van der Waals surface area contributed by atoms with E-state index in [1.807, 2.05) is 4.72 Å². The highest BCUT2D eigenvalue weighted by atomic mass is 32.2. The molecule has 5 nitrogen and oxygen atoms in total. The molecule has 1 aromatic carbocycles. The van der Waals surface area contributed by atoms with Gasteiger partial charge in [-0.15, -0.1) is 0 Å². The second-order valence-corrected chi connectivity index (χ2v) is 5.98. The molecule has 21 heavy (non-hydrogen) atoms. The monoisotopic (exact) mass is 324 g/mol. The van der Waals surface area contributed by atoms with Gasteiger partial charge >= 0.3 is 6.18 Å². The van der Waals surface area contributed by atoms with E-state index in [1.54, 1.807) is 6.92 Å². The van der Waals surface area contributed by atoms with Gasteiger partial charge in [0.05, 0.1) is 16.5 Å². The highest BCUT2D eigenvalue weighted by molar-refractivity contribution is 7.89. The van der Waals surface area contributed by atoms with Gasteiger partial charge in [-0.25, -0.2) is 8.42 Å². The molecule has 1 amide bonds. The van der Waals surface area contributed by atoms with Crippen LogP contribution in [0.1, 0.15) is 19.4 Å². The lowest BCUT2D eigenvalue weighted by atomic mass is 10.2. The number of sulfonamides is 1. The summed E-state index contributed by atoms with van der Waals surface area (Å²) in [4.78, 5) is 10.9. The number of carbonyl (C=O) groups is 1. The van der Waals surface area contributed by atoms with Crippen LogP contribution < -0.4 is 10.0 Å². The number of carbonyl (C=O) groups excluding carboxylic acids is 1. The first-order valence-electron chi connectivity index (χ1n) is 6.05. The Bertz CT molecular complexity index is 614. The van der Waals surface area contributed by atoms with E-state index in [2.05, 4.69) is 5.32 Å². The van der Waals surface area contributed by atoms with Gasteiger partial charge in [-0.3, -0.25) is 4.79 Å². The lowest BCUT2D eigenvalue weighted by Crippen LogP contribution is -2.44. The summed E-state index contributed by atoms with van der Waals surface area (Å²) in [6, 6.07) is 2.22. The molecule has 0 fully saturated rings. The van der Waals surface area contributed by atoms with E-state index in [0.29, 0.717) is 12.6 Å². The van der Waals surface area contributed by atoms with Crippen molar-refractivity contribution in [2.24, 2.45) is 0 Å². The minimum absolute atomic E-state index is 0.314. The third-order valence-corrected chi connectivity index (χ3v) is 4.09. The highest BCUT2D eigenvalue weighted by Gasteiger charge is 2.32. The molecule has 1 aromatic rings. The first-order chi connectivity index (χ1) is 9.58. The van der Waals surface area contributed by atoms with Crippen LogP contribution in [0, 0.1) is 0 Å². The van der Waals surface area contributed by atoms with Gasteiger partial charge in [-0.2, -0.15) is 17.9 Å². The van der Waals surface area contributed by atoms with Crippen LogP contribution in [0.4, 0.5) is 13.2 Å². The lowest BCUT2D eigenvalue weighted by Gasteiger charge is -2.14. The van der Waals surface area contributed by atoms with Crippen LogP contribution in [0.15, 0.2) is 29.2 Å². The molecule has 0 radical (unpaired) electrons. The number of hydrogen-bond acceptors (Lipinski definition) is 3. The molecule has 0 aliphatic rings. The van der Waals surface area contributed by atoms with Crippen molar-refractivity contribution in [3.8, 4) is 0 Å². The zero-order valence-corrected chi connectivity index (χ0v) is 12.2. The maximum atomic E-state index is 12.6. The molecule has 0 saturated heterocycles. The SMILES string of the molecule is CCNC(=O)[C@@H](C)NS(=O)(=O)c1cccc(C(F)(F)F)c1. The van der Waals surface area contributed by atoms with Crippen LogP contribution in [-0.2, 0) is 21.0 Å². The molecule has 9 heteroatoms. The summed E-state index contributed by atoms with van der Waals surface area (Å²) in [7, 11) is -4.22. The first kappa shape index (κ1) is 17.4. The maximum absolute atomic E-state index is 12.6. The van der Waals surface area contributed by atoms with Crippen molar-refractivity contribution in [1.29, 1.82) is 0 Å². The van der Waals surface area contributed by atoms with E-state index in [0.717, 1.165) is 18.2 Å². The van der Waals surface area contributed by atoms with Crippen LogP contribution >= 0.6 is 0 Å². The predicted molar refractivity (Wildman–Crippen MR) is 69.9 cm³/mol. The van der Waals surface area contributed by atoms with Crippen molar-refractivity contribution >= 4 is 15.9 Å². The molecule has 0 aliphatic heterocycles. The number of hydrogen-bond donors (Lipinski definition) is 2. The van der Waals surface area contributed by atoms with Crippen LogP contribution in [0.25, 0.3) is 0 Å². The summed E-state index contributed by atoms with van der Waals surface area (Å²) in [6.45, 7) is 3.27. The molecule has 0 unspecified atom stereocenters. The number of halogens is 3. The fraction of sp³-hybridized carbons (Fsp3) is 0.417. The average Bonchev–Trinajstić information content (AvgIpc) is 2.37. The number of nitrogens with one attached hydrogen (secondary N) is 2. The Kier molecular flexibility index (Phi) is 5.35. The van der Waals surface area contributed by atoms with Crippen LogP contribution in [0.3, 0.4) is 0 Å². The molecule has 1 atom stereocenters. The van der Waals surface area contributed by atoms with E-state index in [9.17, 15) is 26.4 Å². The highest BCUT2D eigenvalue weighted by Crippen LogP contribution is 2.30. The molecule has 0 spiro atoms. The van der Waals surface area contributed by atoms with Crippen molar-refractivity contribution in [2.75, 3.05) is 6.54 Å². The Labute approximate surface area is 120 Å². The van der Waals surface area contributed by atoms with Crippen LogP contribution in [-0.4, -0.2) is 26.9 Å². The summed E-state index contributed by atoms with van der Waals surface area (Å²) >= 11 is 0. The van der Waals surface area contributed by atoms with Crippen molar-refractivity contribution < 1.29 is 26.4 Å². The first-order valence-corrected chi connectivity index (χ1v) is 7.53. The molecule has 0 aliphatic carbocycles. The van der Waals surface area contributed by atoms with E-state index >= 15 is 0 Å². The van der Waals surface area contributed by atoms with E-state index < -0.39 is 38.6 Å². The molecule has 0 heterocycles. The lowest BCUT2D eigenvalue weighted by molar-refractivity contribution is -0.137. The van der Waals surface area contributed by atoms with Crippen molar-refractivity contribution in [2.45, 2.75) is 31.0 Å². The normalized spacial score (nSPS) is 13.8. The van der Waals surface area contributed by atoms with Gasteiger partial charge in [0.25, 0.3) is 0 Å². The van der Waals surface area contributed by atoms with Gasteiger partial charge in [-0.1, -0.05) is 6.07 Å². The third-order valence-electron chi connectivity index (χ3n) is 2.55. The van der Waals surface area contributed by atoms with Gasteiger partial charge in [-0.05, 0) is 32.0 Å². The minimum Gasteiger partial charge on any atom is -0.355 e. The maximum Gasteiger partial charge on any atom is 0.416 e. The fourth-order valence-corrected chi connectivity index (χ4v) is 2.77. The second kappa shape index (κ2) is 6.44. The summed E-state index contributed by atoms with van der Waals surface area (Å²) < 4.78 is 63.7. The van der Waals surface area contributed by atoms with E-state index in [-0.39, 0.29) is 0 Å². The van der Waals surface area contributed by atoms with E-state index in [4.69, 9.17) is 0 Å². The summed E-state index contributed by atoms with van der Waals surface area (Å²) in [5, 5.41) is 2.41. The summed E-state index contributed by atoms with van der Waals surface area (Å²) in [6.07, 6.45) is -4.64. The predicted octanol–water partition coefficient (Wildman–Crippen LogP) is 1.51. The second-order valence-electron chi connectivity index (χ2n) is 4.26. The third kappa shape index (κ3) is 4.71. The van der Waals surface area contributed by atoms with Crippen molar-refractivity contribution in [1.82, 2.24) is 10.0 Å². The average molecular weight is 324 g/mol. The Morgan fingerprint density at radius 2 is 1.95 bits per heavy atom. The molecule has 0 aromatic heterocycles. The van der Waals surface area contributed by atoms with Gasteiger partial charge in [0, 0.05) is 6.54 Å². The van der Waals surface area contributed by atoms with Crippen molar-refractivity contribution in [3.05, 3.63) is 29.8 Å². The fourth-order valence-electron chi connectivity index (χ4n) is 1.52. The summed E-state index contributed by atoms with van der Waals surface area (Å²) in [5.74, 6) is -0.562.